The second kappa shape index (κ2) is 6.10. The molecule has 20 heavy (non-hydrogen) atoms. The Labute approximate surface area is 116 Å². The monoisotopic (exact) mass is 276 g/mol. The van der Waals surface area contributed by atoms with Crippen molar-refractivity contribution in [3.8, 4) is 22.9 Å². The lowest BCUT2D eigenvalue weighted by Crippen LogP contribution is -2.00. The number of carboxylic acids is 1. The molecule has 0 unspecified atom stereocenters. The van der Waals surface area contributed by atoms with Crippen LogP contribution in [0.3, 0.4) is 0 Å². The molecule has 0 saturated carbocycles. The standard InChI is InChI=1S/C14H16N2O4/c1-3-20-11-5-4-9(6-12(11)19-2)14-15-8-10(16-14)7-13(17)18/h4-6,8H,3,7H2,1-2H3,(H,15,16)(H,17,18). The third-order valence-electron chi connectivity index (χ3n) is 2.71. The van der Waals surface area contributed by atoms with Gasteiger partial charge in [0.1, 0.15) is 5.82 Å². The molecule has 0 aliphatic rings. The van der Waals surface area contributed by atoms with Gasteiger partial charge in [0.15, 0.2) is 11.5 Å². The molecule has 1 aromatic heterocycles. The van der Waals surface area contributed by atoms with Gasteiger partial charge in [-0.15, -0.1) is 0 Å². The summed E-state index contributed by atoms with van der Waals surface area (Å²) < 4.78 is 10.7. The summed E-state index contributed by atoms with van der Waals surface area (Å²) in [6.45, 7) is 2.46. The average Bonchev–Trinajstić information content (AvgIpc) is 2.87. The summed E-state index contributed by atoms with van der Waals surface area (Å²) >= 11 is 0. The average molecular weight is 276 g/mol. The van der Waals surface area contributed by atoms with Crippen LogP contribution in [0.5, 0.6) is 11.5 Å². The van der Waals surface area contributed by atoms with Gasteiger partial charge in [0, 0.05) is 17.5 Å². The molecule has 0 bridgehead atoms. The number of aliphatic carboxylic acids is 1. The number of nitrogens with one attached hydrogen (secondary N) is 1. The highest BCUT2D eigenvalue weighted by molar-refractivity contribution is 5.70. The lowest BCUT2D eigenvalue weighted by molar-refractivity contribution is -0.136. The molecule has 0 amide bonds. The molecule has 1 aromatic carbocycles. The van der Waals surface area contributed by atoms with Crippen molar-refractivity contribution in [3.05, 3.63) is 30.1 Å². The fourth-order valence-electron chi connectivity index (χ4n) is 1.85. The summed E-state index contributed by atoms with van der Waals surface area (Å²) in [6, 6.07) is 5.45. The molecule has 0 spiro atoms. The molecule has 0 saturated heterocycles. The number of aromatic nitrogens is 2. The molecule has 0 atom stereocenters. The number of imidazole rings is 1. The molecule has 6 nitrogen and oxygen atoms in total. The summed E-state index contributed by atoms with van der Waals surface area (Å²) in [4.78, 5) is 17.8. The van der Waals surface area contributed by atoms with E-state index in [4.69, 9.17) is 14.6 Å². The number of ether oxygens (including phenoxy) is 2. The Hall–Kier alpha value is -2.50. The van der Waals surface area contributed by atoms with Gasteiger partial charge in [-0.3, -0.25) is 4.79 Å². The van der Waals surface area contributed by atoms with Gasteiger partial charge in [0.2, 0.25) is 0 Å². The number of carboxylic acid groups (broad SMARTS) is 1. The number of carbonyl (C=O) groups is 1. The van der Waals surface area contributed by atoms with E-state index in [0.29, 0.717) is 29.6 Å². The lowest BCUT2D eigenvalue weighted by atomic mass is 10.2. The zero-order chi connectivity index (χ0) is 14.5. The van der Waals surface area contributed by atoms with Crippen molar-refractivity contribution in [1.29, 1.82) is 0 Å². The van der Waals surface area contributed by atoms with Crippen LogP contribution in [-0.4, -0.2) is 34.8 Å². The lowest BCUT2D eigenvalue weighted by Gasteiger charge is -2.10. The summed E-state index contributed by atoms with van der Waals surface area (Å²) in [6.07, 6.45) is 1.44. The minimum absolute atomic E-state index is 0.0822. The van der Waals surface area contributed by atoms with Crippen LogP contribution in [0, 0.1) is 0 Å². The predicted octanol–water partition coefficient (Wildman–Crippen LogP) is 2.11. The molecule has 106 valence electrons. The van der Waals surface area contributed by atoms with E-state index in [0.717, 1.165) is 5.56 Å². The molecule has 6 heteroatoms. The maximum atomic E-state index is 10.6. The fourth-order valence-corrected chi connectivity index (χ4v) is 1.85. The number of rotatable bonds is 6. The van der Waals surface area contributed by atoms with E-state index in [9.17, 15) is 4.79 Å². The quantitative estimate of drug-likeness (QED) is 0.844. The van der Waals surface area contributed by atoms with Crippen molar-refractivity contribution in [2.24, 2.45) is 0 Å². The van der Waals surface area contributed by atoms with Crippen LogP contribution < -0.4 is 9.47 Å². The SMILES string of the molecule is CCOc1ccc(-c2ncc(CC(=O)O)[nH]2)cc1OC. The van der Waals surface area contributed by atoms with Gasteiger partial charge in [0.25, 0.3) is 0 Å². The van der Waals surface area contributed by atoms with Gasteiger partial charge in [-0.05, 0) is 25.1 Å². The molecular formula is C14H16N2O4. The van der Waals surface area contributed by atoms with Crippen LogP contribution in [0.15, 0.2) is 24.4 Å². The molecule has 0 aliphatic heterocycles. The van der Waals surface area contributed by atoms with Gasteiger partial charge >= 0.3 is 5.97 Å². The normalized spacial score (nSPS) is 10.3. The first-order valence-corrected chi connectivity index (χ1v) is 6.21. The smallest absolute Gasteiger partial charge is 0.309 e. The van der Waals surface area contributed by atoms with Gasteiger partial charge in [0.05, 0.1) is 20.1 Å². The highest BCUT2D eigenvalue weighted by Gasteiger charge is 2.10. The van der Waals surface area contributed by atoms with E-state index in [-0.39, 0.29) is 6.42 Å². The van der Waals surface area contributed by atoms with Crippen LogP contribution >= 0.6 is 0 Å². The Kier molecular flexibility index (Phi) is 4.24. The third-order valence-corrected chi connectivity index (χ3v) is 2.71. The van der Waals surface area contributed by atoms with Crippen molar-refractivity contribution >= 4 is 5.97 Å². The Morgan fingerprint density at radius 2 is 2.20 bits per heavy atom. The topological polar surface area (TPSA) is 84.4 Å². The first-order chi connectivity index (χ1) is 9.63. The largest absolute Gasteiger partial charge is 0.493 e. The maximum Gasteiger partial charge on any atom is 0.309 e. The van der Waals surface area contributed by atoms with E-state index in [1.54, 1.807) is 19.2 Å². The van der Waals surface area contributed by atoms with Crippen LogP contribution in [0.4, 0.5) is 0 Å². The minimum Gasteiger partial charge on any atom is -0.493 e. The van der Waals surface area contributed by atoms with Crippen molar-refractivity contribution in [1.82, 2.24) is 9.97 Å². The van der Waals surface area contributed by atoms with Gasteiger partial charge < -0.3 is 19.6 Å². The highest BCUT2D eigenvalue weighted by atomic mass is 16.5. The number of hydrogen-bond donors (Lipinski definition) is 2. The fraction of sp³-hybridized carbons (Fsp3) is 0.286. The summed E-state index contributed by atoms with van der Waals surface area (Å²) in [5, 5.41) is 8.74. The maximum absolute atomic E-state index is 10.6. The zero-order valence-corrected chi connectivity index (χ0v) is 11.3. The Balaban J connectivity index is 2.28. The van der Waals surface area contributed by atoms with Crippen LogP contribution in [0.2, 0.25) is 0 Å². The number of methoxy groups -OCH3 is 1. The Bertz CT molecular complexity index is 607. The van der Waals surface area contributed by atoms with E-state index < -0.39 is 5.97 Å². The number of nitrogens with zero attached hydrogens (tertiary/aromatic N) is 1. The number of benzene rings is 1. The zero-order valence-electron chi connectivity index (χ0n) is 11.3. The van der Waals surface area contributed by atoms with Gasteiger partial charge in [-0.2, -0.15) is 0 Å². The summed E-state index contributed by atoms with van der Waals surface area (Å²) in [5.74, 6) is 0.976. The molecule has 2 aromatic rings. The summed E-state index contributed by atoms with van der Waals surface area (Å²) in [5.41, 5.74) is 1.36. The molecule has 0 radical (unpaired) electrons. The van der Waals surface area contributed by atoms with E-state index in [2.05, 4.69) is 9.97 Å². The first-order valence-electron chi connectivity index (χ1n) is 6.21. The molecule has 0 aliphatic carbocycles. The van der Waals surface area contributed by atoms with Crippen molar-refractivity contribution in [2.75, 3.05) is 13.7 Å². The van der Waals surface area contributed by atoms with Gasteiger partial charge in [-0.25, -0.2) is 4.98 Å². The van der Waals surface area contributed by atoms with Gasteiger partial charge in [-0.1, -0.05) is 0 Å². The first kappa shape index (κ1) is 13.9. The van der Waals surface area contributed by atoms with E-state index in [1.807, 2.05) is 13.0 Å². The number of aromatic amines is 1. The molecule has 1 heterocycles. The minimum atomic E-state index is -0.899. The molecular weight excluding hydrogens is 260 g/mol. The predicted molar refractivity (Wildman–Crippen MR) is 73.1 cm³/mol. The molecule has 2 rings (SSSR count). The Morgan fingerprint density at radius 1 is 1.40 bits per heavy atom. The van der Waals surface area contributed by atoms with Crippen molar-refractivity contribution in [3.63, 3.8) is 0 Å². The van der Waals surface area contributed by atoms with Crippen LogP contribution in [-0.2, 0) is 11.2 Å². The number of H-pyrrole nitrogens is 1. The molecule has 2 N–H and O–H groups in total. The second-order valence-electron chi connectivity index (χ2n) is 4.13. The summed E-state index contributed by atoms with van der Waals surface area (Å²) in [7, 11) is 1.57. The van der Waals surface area contributed by atoms with Crippen molar-refractivity contribution in [2.45, 2.75) is 13.3 Å². The van der Waals surface area contributed by atoms with Crippen LogP contribution in [0.1, 0.15) is 12.6 Å². The van der Waals surface area contributed by atoms with Crippen LogP contribution in [0.25, 0.3) is 11.4 Å². The van der Waals surface area contributed by atoms with E-state index in [1.165, 1.54) is 6.20 Å². The highest BCUT2D eigenvalue weighted by Crippen LogP contribution is 2.31. The third kappa shape index (κ3) is 3.09. The molecule has 0 fully saturated rings. The Morgan fingerprint density at radius 3 is 2.85 bits per heavy atom. The van der Waals surface area contributed by atoms with E-state index >= 15 is 0 Å². The van der Waals surface area contributed by atoms with Crippen molar-refractivity contribution < 1.29 is 19.4 Å². The number of hydrogen-bond acceptors (Lipinski definition) is 4. The second-order valence-corrected chi connectivity index (χ2v) is 4.13.